The number of nitrogens with one attached hydrogen (secondary N) is 1. The lowest BCUT2D eigenvalue weighted by Crippen LogP contribution is -2.35. The van der Waals surface area contributed by atoms with Crippen molar-refractivity contribution in [3.8, 4) is 0 Å². The van der Waals surface area contributed by atoms with Crippen molar-refractivity contribution in [3.63, 3.8) is 0 Å². The smallest absolute Gasteiger partial charge is 0.405 e. The first-order chi connectivity index (χ1) is 58.1. The van der Waals surface area contributed by atoms with Gasteiger partial charge in [0.05, 0.1) is 48.0 Å². The third-order valence-corrected chi connectivity index (χ3v) is 28.8. The monoisotopic (exact) mass is 1930 g/mol. The predicted molar refractivity (Wildman–Crippen MR) is 499 cm³/mol. The Labute approximate surface area is 791 Å². The summed E-state index contributed by atoms with van der Waals surface area (Å²) in [7, 11) is 0. The molecule has 12 rings (SSSR count). The number of ketones is 1. The van der Waals surface area contributed by atoms with Gasteiger partial charge in [0.2, 0.25) is 5.91 Å². The first kappa shape index (κ1) is 113. The van der Waals surface area contributed by atoms with Crippen LogP contribution in [-0.4, -0.2) is 96.9 Å². The molecule has 27 heteroatoms. The number of allylic oxidation sites excluding steroid dienone is 15. The lowest BCUT2D eigenvalue weighted by molar-refractivity contribution is -0.158. The standard InChI is InChI=1S/C15H23ClO2.C14H21ClO2.C13H19ClO2.2C13H21ClO2.C12H17ClO2.C11H15ClF3NO.C9H12F2O/c1-10(16)9-12-13(15(12,2)3)14(17)18-11-7-5-4-6-8-11;1-9(15)8-11-12(14(11,2)3)13(16)17-10-6-4-5-7-10;1-8(14)7-10-11(13(10,2)3)12(15)16-9-5-4-6-9;1-8(14)7-9-10(13(9,5)6)11(15)16-12(2,3)4;1-5-6-7-16-12(15)11-10(8-9(2)14)13(11,3)4;1-7(13)6-9-10(12(9,2)3)11(14)15-8-4-5-8;1-6(12)4-7-8(10(7,2)3)9(17)16-5-11(13,14)15;1-5(12)8-6(4-7(10)11)9(8,2)3/h9,11-13H,4-8H2,1-3H3;8,10-12H,4-7H2,1-3H3;7,9-11H,4-6H2,1-3H3;7,9-10H,1-6H3;8,10-11H,5-7H2,1-4H3;6,8-10H,4-5H2,1-3H3;4,7-8H,5H2,1-3H3,(H,16,17);4,6,8H,1-3H3/b10-9-;9-8-;2*8-7-;9-8-;7-6-;6-4-;/t12-,13+;11-,12+;10-,11+;9-,10+;10-,11+;9-,10+;7-,8+;/m1111111./s1. The van der Waals surface area contributed by atoms with Gasteiger partial charge in [-0.05, 0) is 263 Å². The molecule has 0 heterocycles. The summed E-state index contributed by atoms with van der Waals surface area (Å²) in [6.07, 6.45) is 26.6. The highest BCUT2D eigenvalue weighted by Crippen LogP contribution is 2.66. The number of esters is 6. The van der Waals surface area contributed by atoms with E-state index in [4.69, 9.17) is 110 Å². The van der Waals surface area contributed by atoms with Crippen LogP contribution in [0.15, 0.2) is 89.9 Å². The highest BCUT2D eigenvalue weighted by Gasteiger charge is 2.67. The third kappa shape index (κ3) is 33.6. The largest absolute Gasteiger partial charge is 0.465 e. The summed E-state index contributed by atoms with van der Waals surface area (Å²) in [6, 6.07) is 0. The van der Waals surface area contributed by atoms with Gasteiger partial charge in [-0.2, -0.15) is 22.0 Å². The molecule has 1 N–H and O–H groups in total. The molecule has 0 bridgehead atoms. The minimum absolute atomic E-state index is 0.000548. The number of alkyl halides is 3. The first-order valence-corrected chi connectivity index (χ1v) is 48.2. The zero-order chi connectivity index (χ0) is 97.1. The maximum atomic E-state index is 12.2. The fraction of sp³-hybridized carbons (Fsp3) is 0.760. The molecule has 12 aliphatic rings. The number of halogens is 12. The Balaban J connectivity index is 0.000000258. The van der Waals surface area contributed by atoms with E-state index in [1.807, 2.05) is 132 Å². The minimum Gasteiger partial charge on any atom is -0.465 e. The lowest BCUT2D eigenvalue weighted by Gasteiger charge is -2.25. The van der Waals surface area contributed by atoms with Crippen LogP contribution in [0.2, 0.25) is 0 Å². The molecule has 0 spiro atoms. The van der Waals surface area contributed by atoms with Gasteiger partial charge in [-0.25, -0.2) is 0 Å². The maximum Gasteiger partial charge on any atom is 0.405 e. The van der Waals surface area contributed by atoms with Crippen LogP contribution in [0, 0.1) is 138 Å². The van der Waals surface area contributed by atoms with Crippen molar-refractivity contribution in [2.75, 3.05) is 13.2 Å². The van der Waals surface area contributed by atoms with Crippen LogP contribution in [0.3, 0.4) is 0 Å². The first-order valence-electron chi connectivity index (χ1n) is 45.6. The number of amides is 1. The Morgan fingerprint density at radius 1 is 0.339 bits per heavy atom. The molecule has 2 unspecified atom stereocenters. The number of rotatable bonds is 24. The van der Waals surface area contributed by atoms with Crippen molar-refractivity contribution >= 4 is 129 Å². The van der Waals surface area contributed by atoms with Crippen molar-refractivity contribution in [3.05, 3.63) is 89.9 Å². The van der Waals surface area contributed by atoms with Gasteiger partial charge in [-0.3, -0.25) is 38.4 Å². The number of ether oxygens (including phenoxy) is 6. The van der Waals surface area contributed by atoms with Crippen molar-refractivity contribution in [1.82, 2.24) is 5.32 Å². The SMILES string of the molecule is C/C(Cl)=C/[C@@H]1[C@@H](C(=O)NCC(F)(F)F)C1(C)C.C/C(Cl)=C/[C@@H]1[C@@H](C(=O)OC(C)(C)C)C1(C)C.C/C(Cl)=C/[C@@H]1[C@@H](C(=O)OC2CC2)C1(C)C.C/C(Cl)=C/[C@@H]1[C@@H](C(=O)OC2CCC2)C1(C)C.C/C(Cl)=C/[C@@H]1[C@@H](C(=O)OC2CCCC2)C1(C)C.C/C(Cl)=C/[C@@H]1[C@@H](C(=O)OC2CCCCC2)C1(C)C.CC(=O)C1C(C=C(F)F)C1(C)C.CCCCOC(=O)[C@@H]1[C@@H](/C=C(/C)Cl)C1(C)C. The van der Waals surface area contributed by atoms with Crippen LogP contribution in [0.4, 0.5) is 22.0 Å². The highest BCUT2D eigenvalue weighted by molar-refractivity contribution is 6.31. The van der Waals surface area contributed by atoms with Crippen LogP contribution >= 0.6 is 81.2 Å². The molecular weight excluding hydrogens is 1780 g/mol. The average molecular weight is 1930 g/mol. The second-order valence-electron chi connectivity index (χ2n) is 43.0. The van der Waals surface area contributed by atoms with Gasteiger partial charge >= 0.3 is 42.0 Å². The molecule has 1 amide bonds. The van der Waals surface area contributed by atoms with Crippen LogP contribution in [0.1, 0.15) is 297 Å². The van der Waals surface area contributed by atoms with Crippen LogP contribution in [0.25, 0.3) is 0 Å². The average Bonchev–Trinajstić information content (AvgIpc) is 1.54. The number of hydrogen-bond acceptors (Lipinski definition) is 14. The number of hydrogen-bond donors (Lipinski definition) is 1. The number of Topliss-reactive ketones (excluding diaryl/α,β-unsaturated/α-hetero) is 1. The van der Waals surface area contributed by atoms with Crippen LogP contribution < -0.4 is 5.32 Å². The molecule has 722 valence electrons. The third-order valence-electron chi connectivity index (χ3n) is 27.9. The maximum absolute atomic E-state index is 12.2. The van der Waals surface area contributed by atoms with Gasteiger partial charge in [-0.1, -0.05) is 254 Å². The molecule has 12 aliphatic carbocycles. The molecule has 12 saturated carbocycles. The molecule has 127 heavy (non-hydrogen) atoms. The molecule has 0 aromatic rings. The molecule has 12 fully saturated rings. The number of unbranched alkanes of at least 4 members (excludes halogenated alkanes) is 1. The second-order valence-corrected chi connectivity index (χ2v) is 47.2. The lowest BCUT2D eigenvalue weighted by atomic mass is 9.96. The van der Waals surface area contributed by atoms with E-state index in [1.165, 1.54) is 45.4 Å². The minimum atomic E-state index is -4.37. The van der Waals surface area contributed by atoms with Crippen LogP contribution in [0.5, 0.6) is 0 Å². The number of carbonyl (C=O) groups is 8. The quantitative estimate of drug-likeness (QED) is 0.0413. The van der Waals surface area contributed by atoms with Crippen molar-refractivity contribution < 1.29 is 88.7 Å². The number of carbonyl (C=O) groups excluding carboxylic acids is 8. The Hall–Kier alpha value is -4.44. The van der Waals surface area contributed by atoms with Gasteiger partial charge in [0, 0.05) is 41.1 Å². The topological polar surface area (TPSA) is 204 Å². The van der Waals surface area contributed by atoms with Crippen LogP contribution in [-0.2, 0) is 66.8 Å². The van der Waals surface area contributed by atoms with Gasteiger partial charge in [-0.15, -0.1) is 0 Å². The summed E-state index contributed by atoms with van der Waals surface area (Å²) in [5, 5.41) is 7.00. The van der Waals surface area contributed by atoms with E-state index in [2.05, 4.69) is 90.0 Å². The van der Waals surface area contributed by atoms with E-state index in [0.29, 0.717) is 11.6 Å². The van der Waals surface area contributed by atoms with E-state index in [1.54, 1.807) is 13.0 Å². The summed E-state index contributed by atoms with van der Waals surface area (Å²) in [5.41, 5.74) is -1.01. The summed E-state index contributed by atoms with van der Waals surface area (Å²) < 4.78 is 92.2. The van der Waals surface area contributed by atoms with Crippen molar-refractivity contribution in [2.45, 2.75) is 333 Å². The van der Waals surface area contributed by atoms with E-state index >= 15 is 0 Å². The van der Waals surface area contributed by atoms with Crippen molar-refractivity contribution in [2.24, 2.45) is 138 Å². The molecule has 0 aliphatic heterocycles. The Bertz CT molecular complexity index is 4070. The molecular formula is C100H149Cl7F5NO14. The van der Waals surface area contributed by atoms with Gasteiger partial charge < -0.3 is 33.7 Å². The van der Waals surface area contributed by atoms with Gasteiger partial charge in [0.15, 0.2) is 0 Å². The zero-order valence-electron chi connectivity index (χ0n) is 80.6. The molecule has 16 atom stereocenters. The van der Waals surface area contributed by atoms with Gasteiger partial charge in [0.25, 0.3) is 6.08 Å². The Kier molecular flexibility index (Phi) is 40.7. The second kappa shape index (κ2) is 45.7. The fourth-order valence-electron chi connectivity index (χ4n) is 18.6. The molecule has 0 aromatic heterocycles. The Morgan fingerprint density at radius 2 is 0.575 bits per heavy atom. The molecule has 15 nitrogen and oxygen atoms in total. The predicted octanol–water partition coefficient (Wildman–Crippen LogP) is 28.0. The molecule has 0 aromatic carbocycles. The zero-order valence-corrected chi connectivity index (χ0v) is 85.9. The molecule has 0 radical (unpaired) electrons. The van der Waals surface area contributed by atoms with E-state index in [9.17, 15) is 60.3 Å². The summed E-state index contributed by atoms with van der Waals surface area (Å²) >= 11 is 40.9. The van der Waals surface area contributed by atoms with Crippen molar-refractivity contribution in [1.29, 1.82) is 0 Å². The summed E-state index contributed by atoms with van der Waals surface area (Å²) in [4.78, 5) is 94.2. The summed E-state index contributed by atoms with van der Waals surface area (Å²) in [6.45, 7) is 53.7. The normalized spacial score (nSPS) is 30.9. The fourth-order valence-corrected chi connectivity index (χ4v) is 19.6. The highest BCUT2D eigenvalue weighted by atomic mass is 35.5. The van der Waals surface area contributed by atoms with E-state index < -0.39 is 36.2 Å². The Morgan fingerprint density at radius 3 is 0.803 bits per heavy atom. The van der Waals surface area contributed by atoms with E-state index in [-0.39, 0.29) is 198 Å². The summed E-state index contributed by atoms with van der Waals surface area (Å²) in [5.74, 6) is -0.508. The van der Waals surface area contributed by atoms with Gasteiger partial charge in [0.1, 0.15) is 42.3 Å². The molecule has 0 saturated heterocycles. The van der Waals surface area contributed by atoms with E-state index in [0.717, 1.165) is 100 Å².